The Kier molecular flexibility index (Phi) is 3.35. The Balaban J connectivity index is 1.76. The van der Waals surface area contributed by atoms with Gasteiger partial charge in [0, 0.05) is 5.69 Å². The monoisotopic (exact) mass is 317 g/mol. The van der Waals surface area contributed by atoms with Crippen LogP contribution < -0.4 is 5.32 Å². The molecule has 6 nitrogen and oxygen atoms in total. The lowest BCUT2D eigenvalue weighted by Gasteiger charge is -2.07. The molecular formula is C18H15N5O. The van der Waals surface area contributed by atoms with Gasteiger partial charge in [0.25, 0.3) is 0 Å². The quantitative estimate of drug-likeness (QED) is 0.565. The summed E-state index contributed by atoms with van der Waals surface area (Å²) in [6, 6.07) is 14.9. The molecule has 0 aliphatic rings. The highest BCUT2D eigenvalue weighted by atomic mass is 16.3. The van der Waals surface area contributed by atoms with Crippen LogP contribution >= 0.6 is 0 Å². The zero-order valence-corrected chi connectivity index (χ0v) is 13.0. The van der Waals surface area contributed by atoms with Crippen LogP contribution in [0, 0.1) is 6.92 Å². The van der Waals surface area contributed by atoms with Gasteiger partial charge in [0.2, 0.25) is 0 Å². The first-order valence-corrected chi connectivity index (χ1v) is 7.52. The lowest BCUT2D eigenvalue weighted by atomic mass is 10.2. The number of hydrogen-bond donors (Lipinski definition) is 2. The molecule has 0 unspecified atom stereocenters. The Morgan fingerprint density at radius 2 is 1.71 bits per heavy atom. The molecule has 0 aliphatic carbocycles. The Labute approximate surface area is 138 Å². The molecule has 2 heterocycles. The van der Waals surface area contributed by atoms with E-state index in [-0.39, 0.29) is 5.75 Å². The second kappa shape index (κ2) is 5.66. The van der Waals surface area contributed by atoms with Gasteiger partial charge >= 0.3 is 0 Å². The molecule has 0 atom stereocenters. The van der Waals surface area contributed by atoms with Crippen LogP contribution in [0.3, 0.4) is 0 Å². The fourth-order valence-corrected chi connectivity index (χ4v) is 2.50. The zero-order valence-electron chi connectivity index (χ0n) is 13.0. The van der Waals surface area contributed by atoms with E-state index in [4.69, 9.17) is 0 Å². The molecule has 0 fully saturated rings. The van der Waals surface area contributed by atoms with Gasteiger partial charge in [0.1, 0.15) is 17.9 Å². The zero-order chi connectivity index (χ0) is 16.5. The Hall–Kier alpha value is -3.41. The van der Waals surface area contributed by atoms with Crippen LogP contribution in [0.1, 0.15) is 5.56 Å². The van der Waals surface area contributed by atoms with Gasteiger partial charge in [-0.15, -0.1) is 0 Å². The van der Waals surface area contributed by atoms with E-state index in [0.29, 0.717) is 5.82 Å². The third-order valence-electron chi connectivity index (χ3n) is 3.77. The summed E-state index contributed by atoms with van der Waals surface area (Å²) in [5.41, 5.74) is 3.70. The summed E-state index contributed by atoms with van der Waals surface area (Å²) in [6.07, 6.45) is 3.26. The minimum atomic E-state index is 0.223. The summed E-state index contributed by atoms with van der Waals surface area (Å²) < 4.78 is 1.79. The van der Waals surface area contributed by atoms with Crippen LogP contribution in [0.25, 0.3) is 16.7 Å². The van der Waals surface area contributed by atoms with Crippen LogP contribution in [-0.2, 0) is 0 Å². The van der Waals surface area contributed by atoms with E-state index in [1.165, 1.54) is 11.9 Å². The van der Waals surface area contributed by atoms with Crippen molar-refractivity contribution >= 4 is 22.5 Å². The smallest absolute Gasteiger partial charge is 0.168 e. The number of phenolic OH excluding ortho intramolecular Hbond substituents is 1. The minimum Gasteiger partial charge on any atom is -0.508 e. The molecule has 4 aromatic rings. The SMILES string of the molecule is Cc1ccc(-n2ncc3c(Nc4ccc(O)cc4)ncnc32)cc1. The maximum absolute atomic E-state index is 9.38. The molecule has 24 heavy (non-hydrogen) atoms. The van der Waals surface area contributed by atoms with Gasteiger partial charge in [-0.1, -0.05) is 17.7 Å². The maximum atomic E-state index is 9.38. The summed E-state index contributed by atoms with van der Waals surface area (Å²) in [7, 11) is 0. The lowest BCUT2D eigenvalue weighted by Crippen LogP contribution is -1.99. The van der Waals surface area contributed by atoms with E-state index in [1.807, 2.05) is 31.2 Å². The van der Waals surface area contributed by atoms with Crippen LogP contribution in [0.4, 0.5) is 11.5 Å². The first-order chi connectivity index (χ1) is 11.7. The van der Waals surface area contributed by atoms with Gasteiger partial charge in [-0.25, -0.2) is 14.6 Å². The summed E-state index contributed by atoms with van der Waals surface area (Å²) in [6.45, 7) is 2.05. The third kappa shape index (κ3) is 2.54. The predicted molar refractivity (Wildman–Crippen MR) is 92.8 cm³/mol. The second-order valence-corrected chi connectivity index (χ2v) is 5.52. The second-order valence-electron chi connectivity index (χ2n) is 5.52. The van der Waals surface area contributed by atoms with Crippen LogP contribution in [0.15, 0.2) is 61.1 Å². The molecule has 2 aromatic heterocycles. The van der Waals surface area contributed by atoms with Gasteiger partial charge in [-0.2, -0.15) is 5.10 Å². The van der Waals surface area contributed by atoms with Gasteiger partial charge in [0.15, 0.2) is 5.65 Å². The number of anilines is 2. The van der Waals surface area contributed by atoms with E-state index < -0.39 is 0 Å². The average Bonchev–Trinajstić information content (AvgIpc) is 3.03. The van der Waals surface area contributed by atoms with Crippen LogP contribution in [-0.4, -0.2) is 24.9 Å². The molecule has 0 amide bonds. The maximum Gasteiger partial charge on any atom is 0.168 e. The number of rotatable bonds is 3. The van der Waals surface area contributed by atoms with Crippen LogP contribution in [0.5, 0.6) is 5.75 Å². The Morgan fingerprint density at radius 3 is 2.46 bits per heavy atom. The van der Waals surface area contributed by atoms with Gasteiger partial charge in [0.05, 0.1) is 17.3 Å². The van der Waals surface area contributed by atoms with Crippen LogP contribution in [0.2, 0.25) is 0 Å². The number of phenols is 1. The number of benzene rings is 2. The number of nitrogens with one attached hydrogen (secondary N) is 1. The fraction of sp³-hybridized carbons (Fsp3) is 0.0556. The third-order valence-corrected chi connectivity index (χ3v) is 3.77. The molecule has 0 spiro atoms. The molecule has 0 bridgehead atoms. The van der Waals surface area contributed by atoms with Crippen molar-refractivity contribution in [3.05, 3.63) is 66.6 Å². The van der Waals surface area contributed by atoms with Crippen molar-refractivity contribution in [3.63, 3.8) is 0 Å². The number of aromatic nitrogens is 4. The van der Waals surface area contributed by atoms with Gasteiger partial charge < -0.3 is 10.4 Å². The van der Waals surface area contributed by atoms with Crippen molar-refractivity contribution in [1.82, 2.24) is 19.7 Å². The highest BCUT2D eigenvalue weighted by Crippen LogP contribution is 2.25. The van der Waals surface area contributed by atoms with Crippen molar-refractivity contribution < 1.29 is 5.11 Å². The van der Waals surface area contributed by atoms with Crippen molar-refractivity contribution in [2.45, 2.75) is 6.92 Å². The van der Waals surface area contributed by atoms with Gasteiger partial charge in [-0.05, 0) is 43.3 Å². The predicted octanol–water partition coefficient (Wildman–Crippen LogP) is 3.57. The lowest BCUT2D eigenvalue weighted by molar-refractivity contribution is 0.475. The van der Waals surface area contributed by atoms with E-state index in [1.54, 1.807) is 35.1 Å². The molecule has 6 heteroatoms. The first kappa shape index (κ1) is 14.2. The first-order valence-electron chi connectivity index (χ1n) is 7.52. The van der Waals surface area contributed by atoms with E-state index >= 15 is 0 Å². The molecule has 2 aromatic carbocycles. The molecule has 0 radical (unpaired) electrons. The number of aromatic hydroxyl groups is 1. The normalized spacial score (nSPS) is 10.9. The number of nitrogens with zero attached hydrogens (tertiary/aromatic N) is 4. The highest BCUT2D eigenvalue weighted by Gasteiger charge is 2.11. The minimum absolute atomic E-state index is 0.223. The van der Waals surface area contributed by atoms with Crippen molar-refractivity contribution in [2.24, 2.45) is 0 Å². The fourth-order valence-electron chi connectivity index (χ4n) is 2.50. The summed E-state index contributed by atoms with van der Waals surface area (Å²) >= 11 is 0. The molecule has 118 valence electrons. The Bertz CT molecular complexity index is 990. The highest BCUT2D eigenvalue weighted by molar-refractivity contribution is 5.89. The van der Waals surface area contributed by atoms with Crippen molar-refractivity contribution in [2.75, 3.05) is 5.32 Å². The average molecular weight is 317 g/mol. The number of aryl methyl sites for hydroxylation is 1. The van der Waals surface area contributed by atoms with Crippen molar-refractivity contribution in [3.8, 4) is 11.4 Å². The summed E-state index contributed by atoms with van der Waals surface area (Å²) in [5.74, 6) is 0.893. The standard InChI is InChI=1S/C18H15N5O/c1-12-2-6-14(7-3-12)23-18-16(10-21-23)17(19-11-20-18)22-13-4-8-15(24)9-5-13/h2-11,24H,1H3,(H,19,20,22). The molecular weight excluding hydrogens is 302 g/mol. The van der Waals surface area contributed by atoms with E-state index in [9.17, 15) is 5.11 Å². The summed E-state index contributed by atoms with van der Waals surface area (Å²) in [5, 5.41) is 17.9. The molecule has 0 saturated heterocycles. The van der Waals surface area contributed by atoms with E-state index in [0.717, 1.165) is 22.4 Å². The van der Waals surface area contributed by atoms with E-state index in [2.05, 4.69) is 20.4 Å². The number of hydrogen-bond acceptors (Lipinski definition) is 5. The van der Waals surface area contributed by atoms with Gasteiger partial charge in [-0.3, -0.25) is 0 Å². The summed E-state index contributed by atoms with van der Waals surface area (Å²) in [4.78, 5) is 8.67. The van der Waals surface area contributed by atoms with Crippen molar-refractivity contribution in [1.29, 1.82) is 0 Å². The molecule has 0 aliphatic heterocycles. The molecule has 0 saturated carbocycles. The molecule has 2 N–H and O–H groups in total. The topological polar surface area (TPSA) is 75.9 Å². The largest absolute Gasteiger partial charge is 0.508 e. The molecule has 4 rings (SSSR count). The number of fused-ring (bicyclic) bond motifs is 1. The Morgan fingerprint density at radius 1 is 0.958 bits per heavy atom.